The average Bonchev–Trinajstić information content (AvgIpc) is 2.64. The highest BCUT2D eigenvalue weighted by Crippen LogP contribution is 2.24. The van der Waals surface area contributed by atoms with Crippen molar-refractivity contribution in [1.82, 2.24) is 15.6 Å². The summed E-state index contributed by atoms with van der Waals surface area (Å²) in [7, 11) is 0. The van der Waals surface area contributed by atoms with E-state index >= 15 is 0 Å². The van der Waals surface area contributed by atoms with Crippen molar-refractivity contribution in [3.63, 3.8) is 0 Å². The molecule has 0 spiro atoms. The lowest BCUT2D eigenvalue weighted by atomic mass is 10.0. The van der Waals surface area contributed by atoms with Crippen molar-refractivity contribution in [1.29, 1.82) is 0 Å². The molecule has 2 amide bonds. The van der Waals surface area contributed by atoms with Gasteiger partial charge in [-0.3, -0.25) is 9.59 Å². The van der Waals surface area contributed by atoms with Crippen molar-refractivity contribution in [2.45, 2.75) is 6.92 Å². The van der Waals surface area contributed by atoms with Crippen LogP contribution < -0.4 is 10.6 Å². The van der Waals surface area contributed by atoms with Crippen LogP contribution in [-0.2, 0) is 4.79 Å². The molecule has 0 fully saturated rings. The van der Waals surface area contributed by atoms with Crippen LogP contribution in [0.5, 0.6) is 0 Å². The molecule has 0 aliphatic heterocycles. The molecule has 1 heterocycles. The van der Waals surface area contributed by atoms with Crippen LogP contribution in [0.15, 0.2) is 60.7 Å². The van der Waals surface area contributed by atoms with E-state index in [2.05, 4.69) is 15.6 Å². The Bertz CT molecular complexity index is 907. The van der Waals surface area contributed by atoms with Gasteiger partial charge in [0.05, 0.1) is 16.8 Å². The third-order valence-corrected chi connectivity index (χ3v) is 3.81. The first-order chi connectivity index (χ1) is 12.1. The number of nitrogens with one attached hydrogen (secondary N) is 2. The van der Waals surface area contributed by atoms with Gasteiger partial charge in [0.25, 0.3) is 5.91 Å². The van der Waals surface area contributed by atoms with E-state index in [9.17, 15) is 9.59 Å². The van der Waals surface area contributed by atoms with E-state index in [4.69, 9.17) is 0 Å². The molecule has 126 valence electrons. The fraction of sp³-hybridized carbons (Fsp3) is 0.150. The number of carbonyl (C=O) groups is 2. The predicted molar refractivity (Wildman–Crippen MR) is 98.2 cm³/mol. The first-order valence-corrected chi connectivity index (χ1v) is 8.13. The third kappa shape index (κ3) is 4.01. The van der Waals surface area contributed by atoms with Crippen LogP contribution in [0.25, 0.3) is 22.2 Å². The predicted octanol–water partition coefficient (Wildman–Crippen LogP) is 2.77. The molecule has 0 saturated carbocycles. The number of fused-ring (bicyclic) bond motifs is 1. The Morgan fingerprint density at radius 2 is 1.60 bits per heavy atom. The summed E-state index contributed by atoms with van der Waals surface area (Å²) < 4.78 is 0. The molecule has 3 rings (SSSR count). The van der Waals surface area contributed by atoms with Gasteiger partial charge in [-0.05, 0) is 12.1 Å². The van der Waals surface area contributed by atoms with Crippen LogP contribution in [0.2, 0.25) is 0 Å². The molecule has 5 heteroatoms. The van der Waals surface area contributed by atoms with E-state index in [0.29, 0.717) is 18.7 Å². The molecule has 0 aliphatic carbocycles. The average molecular weight is 333 g/mol. The first-order valence-electron chi connectivity index (χ1n) is 8.13. The molecule has 0 aliphatic rings. The van der Waals surface area contributed by atoms with E-state index in [0.717, 1.165) is 22.2 Å². The van der Waals surface area contributed by atoms with Gasteiger partial charge in [0.15, 0.2) is 0 Å². The summed E-state index contributed by atoms with van der Waals surface area (Å²) in [5.74, 6) is -0.295. The highest BCUT2D eigenvalue weighted by Gasteiger charge is 2.13. The summed E-state index contributed by atoms with van der Waals surface area (Å²) in [6.07, 6.45) is 0. The van der Waals surface area contributed by atoms with E-state index in [1.165, 1.54) is 6.92 Å². The molecule has 0 bridgehead atoms. The normalized spacial score (nSPS) is 10.4. The van der Waals surface area contributed by atoms with Crippen LogP contribution in [-0.4, -0.2) is 29.9 Å². The number of pyridine rings is 1. The molecule has 2 N–H and O–H groups in total. The molecule has 2 aromatic carbocycles. The summed E-state index contributed by atoms with van der Waals surface area (Å²) in [5, 5.41) is 6.31. The molecule has 0 radical (unpaired) electrons. The largest absolute Gasteiger partial charge is 0.355 e. The van der Waals surface area contributed by atoms with Crippen molar-refractivity contribution in [2.75, 3.05) is 13.1 Å². The number of rotatable bonds is 5. The van der Waals surface area contributed by atoms with Crippen LogP contribution in [0.1, 0.15) is 17.3 Å². The maximum atomic E-state index is 12.6. The third-order valence-electron chi connectivity index (χ3n) is 3.81. The molecular weight excluding hydrogens is 314 g/mol. The number of amides is 2. The molecule has 0 saturated heterocycles. The fourth-order valence-corrected chi connectivity index (χ4v) is 2.63. The Hall–Kier alpha value is -3.21. The minimum atomic E-state index is -0.180. The van der Waals surface area contributed by atoms with Gasteiger partial charge in [-0.25, -0.2) is 4.98 Å². The Morgan fingerprint density at radius 3 is 2.36 bits per heavy atom. The number of aromatic nitrogens is 1. The maximum Gasteiger partial charge on any atom is 0.252 e. The number of hydrogen-bond donors (Lipinski definition) is 2. The van der Waals surface area contributed by atoms with Crippen molar-refractivity contribution in [3.8, 4) is 11.3 Å². The SMILES string of the molecule is CC(=O)NCCNC(=O)c1cc(-c2ccccc2)nc2ccccc12. The Balaban J connectivity index is 1.93. The van der Waals surface area contributed by atoms with Gasteiger partial charge < -0.3 is 10.6 Å². The quantitative estimate of drug-likeness (QED) is 0.705. The van der Waals surface area contributed by atoms with E-state index in [1.807, 2.05) is 60.7 Å². The summed E-state index contributed by atoms with van der Waals surface area (Å²) in [6, 6.07) is 19.2. The van der Waals surface area contributed by atoms with E-state index in [1.54, 1.807) is 0 Å². The second-order valence-corrected chi connectivity index (χ2v) is 5.68. The lowest BCUT2D eigenvalue weighted by Crippen LogP contribution is -2.33. The van der Waals surface area contributed by atoms with Crippen LogP contribution in [0.3, 0.4) is 0 Å². The van der Waals surface area contributed by atoms with Crippen LogP contribution >= 0.6 is 0 Å². The number of carbonyl (C=O) groups excluding carboxylic acids is 2. The van der Waals surface area contributed by atoms with Gasteiger partial charge in [-0.1, -0.05) is 48.5 Å². The molecule has 1 aromatic heterocycles. The van der Waals surface area contributed by atoms with Gasteiger partial charge >= 0.3 is 0 Å². The molecule has 0 unspecified atom stereocenters. The minimum Gasteiger partial charge on any atom is -0.355 e. The smallest absolute Gasteiger partial charge is 0.252 e. The second-order valence-electron chi connectivity index (χ2n) is 5.68. The van der Waals surface area contributed by atoms with E-state index < -0.39 is 0 Å². The van der Waals surface area contributed by atoms with Crippen molar-refractivity contribution < 1.29 is 9.59 Å². The zero-order chi connectivity index (χ0) is 17.6. The lowest BCUT2D eigenvalue weighted by molar-refractivity contribution is -0.118. The Morgan fingerprint density at radius 1 is 0.920 bits per heavy atom. The van der Waals surface area contributed by atoms with Crippen molar-refractivity contribution in [2.24, 2.45) is 0 Å². The maximum absolute atomic E-state index is 12.6. The van der Waals surface area contributed by atoms with Gasteiger partial charge in [0.2, 0.25) is 5.91 Å². The zero-order valence-electron chi connectivity index (χ0n) is 14.0. The van der Waals surface area contributed by atoms with Crippen molar-refractivity contribution >= 4 is 22.7 Å². The van der Waals surface area contributed by atoms with Crippen molar-refractivity contribution in [3.05, 3.63) is 66.2 Å². The Labute approximate surface area is 146 Å². The number of hydrogen-bond acceptors (Lipinski definition) is 3. The fourth-order valence-electron chi connectivity index (χ4n) is 2.63. The molecular formula is C20H19N3O2. The first kappa shape index (κ1) is 16.6. The zero-order valence-corrected chi connectivity index (χ0v) is 14.0. The molecule has 25 heavy (non-hydrogen) atoms. The summed E-state index contributed by atoms with van der Waals surface area (Å²) >= 11 is 0. The van der Waals surface area contributed by atoms with E-state index in [-0.39, 0.29) is 11.8 Å². The highest BCUT2D eigenvalue weighted by atomic mass is 16.2. The number of para-hydroxylation sites is 1. The van der Waals surface area contributed by atoms with Gasteiger partial charge in [0, 0.05) is 31.0 Å². The van der Waals surface area contributed by atoms with Gasteiger partial charge in [0.1, 0.15) is 0 Å². The number of nitrogens with zero attached hydrogens (tertiary/aromatic N) is 1. The van der Waals surface area contributed by atoms with Gasteiger partial charge in [-0.2, -0.15) is 0 Å². The summed E-state index contributed by atoms with van der Waals surface area (Å²) in [4.78, 5) is 28.2. The summed E-state index contributed by atoms with van der Waals surface area (Å²) in [5.41, 5.74) is 3.06. The second kappa shape index (κ2) is 7.57. The number of benzene rings is 2. The van der Waals surface area contributed by atoms with Crippen LogP contribution in [0, 0.1) is 0 Å². The monoisotopic (exact) mass is 333 g/mol. The standard InChI is InChI=1S/C20H19N3O2/c1-14(24)21-11-12-22-20(25)17-13-19(15-7-3-2-4-8-15)23-18-10-6-5-9-16(17)18/h2-10,13H,11-12H2,1H3,(H,21,24)(H,22,25). The topological polar surface area (TPSA) is 71.1 Å². The molecule has 5 nitrogen and oxygen atoms in total. The molecule has 0 atom stereocenters. The highest BCUT2D eigenvalue weighted by molar-refractivity contribution is 6.07. The minimum absolute atomic E-state index is 0.116. The molecule has 3 aromatic rings. The Kier molecular flexibility index (Phi) is 5.04. The lowest BCUT2D eigenvalue weighted by Gasteiger charge is -2.11. The summed E-state index contributed by atoms with van der Waals surface area (Å²) in [6.45, 7) is 2.22. The van der Waals surface area contributed by atoms with Gasteiger partial charge in [-0.15, -0.1) is 0 Å². The van der Waals surface area contributed by atoms with Crippen LogP contribution in [0.4, 0.5) is 0 Å².